The van der Waals surface area contributed by atoms with Crippen molar-refractivity contribution in [3.05, 3.63) is 29.8 Å². The van der Waals surface area contributed by atoms with E-state index in [2.05, 4.69) is 25.3 Å². The minimum absolute atomic E-state index is 0.704. The van der Waals surface area contributed by atoms with Gasteiger partial charge >= 0.3 is 0 Å². The van der Waals surface area contributed by atoms with E-state index in [0.29, 0.717) is 5.16 Å². The van der Waals surface area contributed by atoms with Crippen LogP contribution in [-0.2, 0) is 0 Å². The van der Waals surface area contributed by atoms with Gasteiger partial charge in [0.05, 0.1) is 12.4 Å². The lowest BCUT2D eigenvalue weighted by molar-refractivity contribution is 0.897. The molecule has 0 bridgehead atoms. The number of anilines is 1. The molecule has 0 amide bonds. The summed E-state index contributed by atoms with van der Waals surface area (Å²) in [5.41, 5.74) is 1.92. The highest BCUT2D eigenvalue weighted by atomic mass is 32.2. The molecule has 0 saturated heterocycles. The fraction of sp³-hybridized carbons (Fsp3) is 0.333. The SMILES string of the molecule is CCNc1cncc(Sc2nc(C)cc(C)n2)n1. The number of aromatic nitrogens is 4. The number of rotatable bonds is 4. The fourth-order valence-electron chi connectivity index (χ4n) is 1.50. The maximum Gasteiger partial charge on any atom is 0.194 e. The molecule has 0 spiro atoms. The third kappa shape index (κ3) is 3.40. The highest BCUT2D eigenvalue weighted by molar-refractivity contribution is 7.99. The summed E-state index contributed by atoms with van der Waals surface area (Å²) in [5.74, 6) is 0.770. The normalized spacial score (nSPS) is 10.4. The molecule has 2 aromatic heterocycles. The zero-order valence-electron chi connectivity index (χ0n) is 10.6. The molecule has 2 heterocycles. The van der Waals surface area contributed by atoms with E-state index in [-0.39, 0.29) is 0 Å². The van der Waals surface area contributed by atoms with Crippen molar-refractivity contribution in [3.63, 3.8) is 0 Å². The van der Waals surface area contributed by atoms with E-state index in [1.807, 2.05) is 26.8 Å². The van der Waals surface area contributed by atoms with Crippen molar-refractivity contribution < 1.29 is 0 Å². The lowest BCUT2D eigenvalue weighted by Gasteiger charge is -2.04. The molecule has 6 heteroatoms. The first-order valence-electron chi connectivity index (χ1n) is 5.73. The van der Waals surface area contributed by atoms with Crippen molar-refractivity contribution in [2.75, 3.05) is 11.9 Å². The third-order valence-electron chi connectivity index (χ3n) is 2.13. The molecule has 0 saturated carbocycles. The summed E-state index contributed by atoms with van der Waals surface area (Å²) in [6.45, 7) is 6.76. The first-order chi connectivity index (χ1) is 8.67. The lowest BCUT2D eigenvalue weighted by Crippen LogP contribution is -2.00. The van der Waals surface area contributed by atoms with Gasteiger partial charge in [-0.1, -0.05) is 0 Å². The third-order valence-corrected chi connectivity index (χ3v) is 2.90. The first kappa shape index (κ1) is 12.8. The number of hydrogen-bond acceptors (Lipinski definition) is 6. The Kier molecular flexibility index (Phi) is 4.09. The topological polar surface area (TPSA) is 63.6 Å². The van der Waals surface area contributed by atoms with Gasteiger partial charge in [0.15, 0.2) is 5.16 Å². The first-order valence-corrected chi connectivity index (χ1v) is 6.55. The zero-order valence-corrected chi connectivity index (χ0v) is 11.5. The Morgan fingerprint density at radius 1 is 1.11 bits per heavy atom. The number of nitrogens with one attached hydrogen (secondary N) is 1. The predicted octanol–water partition coefficient (Wildman–Crippen LogP) is 2.47. The Hall–Kier alpha value is -1.69. The largest absolute Gasteiger partial charge is 0.369 e. The van der Waals surface area contributed by atoms with Crippen LogP contribution in [0.15, 0.2) is 28.6 Å². The summed E-state index contributed by atoms with van der Waals surface area (Å²) in [7, 11) is 0. The van der Waals surface area contributed by atoms with Gasteiger partial charge in [0, 0.05) is 17.9 Å². The molecule has 0 aliphatic rings. The van der Waals surface area contributed by atoms with Crippen molar-refractivity contribution in [2.24, 2.45) is 0 Å². The van der Waals surface area contributed by atoms with E-state index in [4.69, 9.17) is 0 Å². The van der Waals surface area contributed by atoms with Crippen LogP contribution in [0.2, 0.25) is 0 Å². The Morgan fingerprint density at radius 3 is 2.50 bits per heavy atom. The molecule has 5 nitrogen and oxygen atoms in total. The average molecular weight is 261 g/mol. The van der Waals surface area contributed by atoms with Gasteiger partial charge in [-0.15, -0.1) is 0 Å². The highest BCUT2D eigenvalue weighted by Gasteiger charge is 2.05. The second-order valence-electron chi connectivity index (χ2n) is 3.81. The van der Waals surface area contributed by atoms with E-state index in [0.717, 1.165) is 28.8 Å². The molecule has 0 aromatic carbocycles. The summed E-state index contributed by atoms with van der Waals surface area (Å²) >= 11 is 1.42. The van der Waals surface area contributed by atoms with Crippen LogP contribution < -0.4 is 5.32 Å². The van der Waals surface area contributed by atoms with Gasteiger partial charge in [-0.25, -0.2) is 15.0 Å². The minimum Gasteiger partial charge on any atom is -0.369 e. The van der Waals surface area contributed by atoms with Crippen LogP contribution in [0, 0.1) is 13.8 Å². The maximum atomic E-state index is 4.43. The van der Waals surface area contributed by atoms with Crippen molar-refractivity contribution in [1.82, 2.24) is 19.9 Å². The molecule has 0 radical (unpaired) electrons. The summed E-state index contributed by atoms with van der Waals surface area (Å²) in [4.78, 5) is 17.3. The predicted molar refractivity (Wildman–Crippen MR) is 71.8 cm³/mol. The Balaban J connectivity index is 2.20. The second kappa shape index (κ2) is 5.77. The van der Waals surface area contributed by atoms with Crippen molar-refractivity contribution >= 4 is 17.6 Å². The van der Waals surface area contributed by atoms with Crippen LogP contribution in [0.1, 0.15) is 18.3 Å². The summed E-state index contributed by atoms with van der Waals surface area (Å²) < 4.78 is 0. The van der Waals surface area contributed by atoms with Crippen LogP contribution in [0.3, 0.4) is 0 Å². The zero-order chi connectivity index (χ0) is 13.0. The van der Waals surface area contributed by atoms with Crippen LogP contribution in [0.5, 0.6) is 0 Å². The van der Waals surface area contributed by atoms with E-state index in [1.54, 1.807) is 12.4 Å². The number of nitrogens with zero attached hydrogens (tertiary/aromatic N) is 4. The van der Waals surface area contributed by atoms with E-state index in [1.165, 1.54) is 11.8 Å². The Morgan fingerprint density at radius 2 is 1.83 bits per heavy atom. The molecule has 18 heavy (non-hydrogen) atoms. The van der Waals surface area contributed by atoms with Crippen LogP contribution >= 0.6 is 11.8 Å². The molecular weight excluding hydrogens is 246 g/mol. The van der Waals surface area contributed by atoms with Gasteiger partial charge in [0.2, 0.25) is 0 Å². The molecule has 94 valence electrons. The van der Waals surface area contributed by atoms with E-state index in [9.17, 15) is 0 Å². The Bertz CT molecular complexity index is 523. The smallest absolute Gasteiger partial charge is 0.194 e. The van der Waals surface area contributed by atoms with Gasteiger partial charge in [-0.3, -0.25) is 4.98 Å². The van der Waals surface area contributed by atoms with Crippen LogP contribution in [-0.4, -0.2) is 26.5 Å². The quantitative estimate of drug-likeness (QED) is 0.853. The van der Waals surface area contributed by atoms with Crippen molar-refractivity contribution in [2.45, 2.75) is 31.0 Å². The molecule has 2 aromatic rings. The lowest BCUT2D eigenvalue weighted by atomic mass is 10.4. The van der Waals surface area contributed by atoms with E-state index < -0.39 is 0 Å². The monoisotopic (exact) mass is 261 g/mol. The summed E-state index contributed by atoms with van der Waals surface area (Å²) in [6, 6.07) is 1.95. The molecular formula is C12H15N5S. The van der Waals surface area contributed by atoms with Crippen LogP contribution in [0.4, 0.5) is 5.82 Å². The maximum absolute atomic E-state index is 4.43. The summed E-state index contributed by atoms with van der Waals surface area (Å²) in [6.07, 6.45) is 3.42. The molecule has 0 aliphatic carbocycles. The van der Waals surface area contributed by atoms with Gasteiger partial charge < -0.3 is 5.32 Å². The van der Waals surface area contributed by atoms with Gasteiger partial charge in [-0.05, 0) is 38.6 Å². The van der Waals surface area contributed by atoms with Gasteiger partial charge in [-0.2, -0.15) is 0 Å². The molecule has 0 atom stereocenters. The van der Waals surface area contributed by atoms with Gasteiger partial charge in [0.1, 0.15) is 10.8 Å². The molecule has 0 unspecified atom stereocenters. The standard InChI is InChI=1S/C12H15N5S/c1-4-14-10-6-13-7-11(17-10)18-12-15-8(2)5-9(3)16-12/h5-7H,4H2,1-3H3,(H,14,17). The van der Waals surface area contributed by atoms with Gasteiger partial charge in [0.25, 0.3) is 0 Å². The van der Waals surface area contributed by atoms with E-state index >= 15 is 0 Å². The Labute approximate surface area is 110 Å². The fourth-order valence-corrected chi connectivity index (χ4v) is 2.32. The minimum atomic E-state index is 0.704. The number of hydrogen-bond donors (Lipinski definition) is 1. The summed E-state index contributed by atoms with van der Waals surface area (Å²) in [5, 5.41) is 4.62. The van der Waals surface area contributed by atoms with Crippen LogP contribution in [0.25, 0.3) is 0 Å². The molecule has 2 rings (SSSR count). The second-order valence-corrected chi connectivity index (χ2v) is 4.80. The van der Waals surface area contributed by atoms with Crippen molar-refractivity contribution in [1.29, 1.82) is 0 Å². The number of aryl methyl sites for hydroxylation is 2. The molecule has 0 aliphatic heterocycles. The average Bonchev–Trinajstić information content (AvgIpc) is 2.28. The molecule has 0 fully saturated rings. The molecule has 1 N–H and O–H groups in total. The highest BCUT2D eigenvalue weighted by Crippen LogP contribution is 2.23. The van der Waals surface area contributed by atoms with Crippen molar-refractivity contribution in [3.8, 4) is 0 Å².